The van der Waals surface area contributed by atoms with Gasteiger partial charge in [0.1, 0.15) is 5.38 Å². The average Bonchev–Trinajstić information content (AvgIpc) is 2.44. The molecule has 0 spiro atoms. The van der Waals surface area contributed by atoms with E-state index >= 15 is 0 Å². The van der Waals surface area contributed by atoms with Gasteiger partial charge in [-0.1, -0.05) is 12.2 Å². The lowest BCUT2D eigenvalue weighted by molar-refractivity contribution is -0.158. The predicted molar refractivity (Wildman–Crippen MR) is 54.5 cm³/mol. The number of aliphatic hydroxyl groups is 1. The monoisotopic (exact) mass is 230 g/mol. The molecule has 0 aromatic rings. The quantitative estimate of drug-likeness (QED) is 0.557. The van der Waals surface area contributed by atoms with Gasteiger partial charge in [-0.3, -0.25) is 4.79 Å². The molecule has 0 saturated heterocycles. The molecule has 1 aliphatic rings. The molecular weight excluding hydrogens is 220 g/mol. The van der Waals surface area contributed by atoms with Crippen LogP contribution in [0, 0.1) is 0 Å². The maximum absolute atomic E-state index is 11.4. The lowest BCUT2D eigenvalue weighted by Crippen LogP contribution is -2.48. The van der Waals surface area contributed by atoms with Crippen molar-refractivity contribution in [1.29, 1.82) is 0 Å². The highest BCUT2D eigenvalue weighted by atomic mass is 35.5. The Hall–Kier alpha value is -1.13. The normalized spacial score (nSPS) is 30.8. The molecule has 1 rings (SSSR count). The number of methoxy groups -OCH3 is 1. The fraction of sp³-hybridized carbons (Fsp3) is 0.400. The number of allylic oxidation sites excluding steroid dienone is 2. The van der Waals surface area contributed by atoms with Crippen molar-refractivity contribution in [2.75, 3.05) is 7.11 Å². The Balaban J connectivity index is 3.20. The minimum Gasteiger partial charge on any atom is -0.467 e. The Morgan fingerprint density at radius 2 is 2.33 bits per heavy atom. The summed E-state index contributed by atoms with van der Waals surface area (Å²) in [6.45, 7) is 1.70. The van der Waals surface area contributed by atoms with Crippen molar-refractivity contribution in [3.05, 3.63) is 23.8 Å². The first-order chi connectivity index (χ1) is 6.98. The van der Waals surface area contributed by atoms with Crippen molar-refractivity contribution >= 4 is 23.4 Å². The molecule has 0 heterocycles. The van der Waals surface area contributed by atoms with Gasteiger partial charge in [-0.15, -0.1) is 11.6 Å². The first-order valence-corrected chi connectivity index (χ1v) is 4.75. The molecule has 1 N–H and O–H groups in total. The van der Waals surface area contributed by atoms with Crippen LogP contribution in [0.2, 0.25) is 0 Å². The summed E-state index contributed by atoms with van der Waals surface area (Å²) < 4.78 is 4.43. The molecule has 82 valence electrons. The van der Waals surface area contributed by atoms with Crippen molar-refractivity contribution in [3.63, 3.8) is 0 Å². The van der Waals surface area contributed by atoms with Crippen molar-refractivity contribution in [2.24, 2.45) is 0 Å². The van der Waals surface area contributed by atoms with Gasteiger partial charge >= 0.3 is 5.97 Å². The van der Waals surface area contributed by atoms with Crippen LogP contribution in [0.3, 0.4) is 0 Å². The van der Waals surface area contributed by atoms with Crippen LogP contribution in [0.4, 0.5) is 0 Å². The molecule has 0 amide bonds. The Morgan fingerprint density at radius 1 is 1.73 bits per heavy atom. The van der Waals surface area contributed by atoms with Gasteiger partial charge < -0.3 is 9.84 Å². The van der Waals surface area contributed by atoms with Gasteiger partial charge in [-0.2, -0.15) is 0 Å². The van der Waals surface area contributed by atoms with Gasteiger partial charge in [0.15, 0.2) is 5.78 Å². The van der Waals surface area contributed by atoms with Crippen LogP contribution in [0.1, 0.15) is 6.92 Å². The zero-order valence-electron chi connectivity index (χ0n) is 8.36. The molecule has 2 unspecified atom stereocenters. The van der Waals surface area contributed by atoms with E-state index in [0.29, 0.717) is 0 Å². The maximum atomic E-state index is 11.4. The predicted octanol–water partition coefficient (Wildman–Crippen LogP) is 0.583. The molecule has 0 aliphatic heterocycles. The molecule has 1 aliphatic carbocycles. The lowest BCUT2D eigenvalue weighted by atomic mass is 9.95. The summed E-state index contributed by atoms with van der Waals surface area (Å²) in [4.78, 5) is 22.7. The first-order valence-electron chi connectivity index (χ1n) is 4.32. The summed E-state index contributed by atoms with van der Waals surface area (Å²) in [5.74, 6) is -1.43. The van der Waals surface area contributed by atoms with Crippen molar-refractivity contribution in [1.82, 2.24) is 0 Å². The van der Waals surface area contributed by atoms with E-state index in [1.54, 1.807) is 13.0 Å². The Kier molecular flexibility index (Phi) is 3.31. The number of ether oxygens (including phenoxy) is 1. The second-order valence-electron chi connectivity index (χ2n) is 3.12. The molecule has 0 aromatic heterocycles. The molecule has 0 bridgehead atoms. The molecule has 0 aromatic carbocycles. The number of alkyl halides is 1. The number of hydrogen-bond acceptors (Lipinski definition) is 4. The summed E-state index contributed by atoms with van der Waals surface area (Å²) in [5.41, 5.74) is -1.92. The number of rotatable bonds is 2. The van der Waals surface area contributed by atoms with Crippen LogP contribution < -0.4 is 0 Å². The van der Waals surface area contributed by atoms with Gasteiger partial charge in [-0.25, -0.2) is 4.79 Å². The van der Waals surface area contributed by atoms with Gasteiger partial charge in [-0.05, 0) is 13.0 Å². The number of carbonyl (C=O) groups excluding carboxylic acids is 2. The van der Waals surface area contributed by atoms with E-state index in [1.807, 2.05) is 0 Å². The van der Waals surface area contributed by atoms with E-state index in [0.717, 1.165) is 13.2 Å². The average molecular weight is 231 g/mol. The van der Waals surface area contributed by atoms with Crippen LogP contribution in [0.15, 0.2) is 23.8 Å². The fourth-order valence-electron chi connectivity index (χ4n) is 1.42. The molecular formula is C10H11ClO4. The highest BCUT2D eigenvalue weighted by Gasteiger charge is 2.53. The Bertz CT molecular complexity index is 358. The molecule has 5 heteroatoms. The molecule has 0 fully saturated rings. The van der Waals surface area contributed by atoms with Crippen LogP contribution >= 0.6 is 11.6 Å². The van der Waals surface area contributed by atoms with E-state index in [-0.39, 0.29) is 5.57 Å². The summed E-state index contributed by atoms with van der Waals surface area (Å²) in [5, 5.41) is 8.72. The molecule has 0 saturated carbocycles. The number of halogens is 1. The van der Waals surface area contributed by atoms with Crippen molar-refractivity contribution in [3.8, 4) is 0 Å². The van der Waals surface area contributed by atoms with Gasteiger partial charge in [0.25, 0.3) is 0 Å². The van der Waals surface area contributed by atoms with E-state index in [1.165, 1.54) is 6.08 Å². The SMILES string of the molecule is C/C=C/C1=CC(=O)C(Cl)C1(O)C(=O)OC. The van der Waals surface area contributed by atoms with Crippen LogP contribution in [0.25, 0.3) is 0 Å². The largest absolute Gasteiger partial charge is 0.467 e. The second kappa shape index (κ2) is 4.16. The van der Waals surface area contributed by atoms with Gasteiger partial charge in [0, 0.05) is 5.57 Å². The molecule has 4 nitrogen and oxygen atoms in total. The summed E-state index contributed by atoms with van der Waals surface area (Å²) >= 11 is 5.69. The standard InChI is InChI=1S/C10H11ClO4/c1-3-4-6-5-7(12)8(11)10(6,14)9(13)15-2/h3-5,8,14H,1-2H3/b4-3+. The van der Waals surface area contributed by atoms with E-state index < -0.39 is 22.7 Å². The van der Waals surface area contributed by atoms with Crippen LogP contribution in [0.5, 0.6) is 0 Å². The molecule has 2 atom stereocenters. The number of ketones is 1. The maximum Gasteiger partial charge on any atom is 0.344 e. The Morgan fingerprint density at radius 3 is 2.80 bits per heavy atom. The zero-order valence-corrected chi connectivity index (χ0v) is 9.12. The molecule has 0 radical (unpaired) electrons. The lowest BCUT2D eigenvalue weighted by Gasteiger charge is -2.24. The summed E-state index contributed by atoms with van der Waals surface area (Å²) in [7, 11) is 1.12. The minimum atomic E-state index is -2.07. The number of esters is 1. The van der Waals surface area contributed by atoms with Gasteiger partial charge in [0.05, 0.1) is 7.11 Å². The topological polar surface area (TPSA) is 63.6 Å². The molecule has 15 heavy (non-hydrogen) atoms. The number of carbonyl (C=O) groups is 2. The van der Waals surface area contributed by atoms with E-state index in [4.69, 9.17) is 11.6 Å². The highest BCUT2D eigenvalue weighted by Crippen LogP contribution is 2.34. The van der Waals surface area contributed by atoms with Crippen LogP contribution in [-0.4, -0.2) is 34.9 Å². The van der Waals surface area contributed by atoms with E-state index in [2.05, 4.69) is 4.74 Å². The minimum absolute atomic E-state index is 0.154. The third-order valence-electron chi connectivity index (χ3n) is 2.20. The fourth-order valence-corrected chi connectivity index (χ4v) is 1.70. The highest BCUT2D eigenvalue weighted by molar-refractivity contribution is 6.37. The second-order valence-corrected chi connectivity index (χ2v) is 3.56. The zero-order chi connectivity index (χ0) is 11.6. The van der Waals surface area contributed by atoms with Crippen molar-refractivity contribution < 1.29 is 19.4 Å². The summed E-state index contributed by atoms with van der Waals surface area (Å²) in [6, 6.07) is 0. The first kappa shape index (κ1) is 11.9. The van der Waals surface area contributed by atoms with Gasteiger partial charge in [0.2, 0.25) is 5.60 Å². The summed E-state index contributed by atoms with van der Waals surface area (Å²) in [6.07, 6.45) is 4.20. The Labute approximate surface area is 92.2 Å². The smallest absolute Gasteiger partial charge is 0.344 e. The third-order valence-corrected chi connectivity index (χ3v) is 2.73. The van der Waals surface area contributed by atoms with Crippen LogP contribution in [-0.2, 0) is 14.3 Å². The van der Waals surface area contributed by atoms with E-state index in [9.17, 15) is 14.7 Å². The third kappa shape index (κ3) is 1.70. The van der Waals surface area contributed by atoms with Crippen molar-refractivity contribution in [2.45, 2.75) is 17.9 Å². The number of hydrogen-bond donors (Lipinski definition) is 1.